The summed E-state index contributed by atoms with van der Waals surface area (Å²) in [5.74, 6) is -0.581. The van der Waals surface area contributed by atoms with Crippen LogP contribution in [0.5, 0.6) is 0 Å². The molecule has 3 rings (SSSR count). The zero-order chi connectivity index (χ0) is 12.0. The molecule has 0 bridgehead atoms. The summed E-state index contributed by atoms with van der Waals surface area (Å²) < 4.78 is 12.2. The van der Waals surface area contributed by atoms with Crippen LogP contribution in [0, 0.1) is 0 Å². The highest BCUT2D eigenvalue weighted by molar-refractivity contribution is 7.86. The van der Waals surface area contributed by atoms with Gasteiger partial charge in [-0.15, -0.1) is 22.7 Å². The lowest BCUT2D eigenvalue weighted by Gasteiger charge is -2.09. The number of primary amides is 1. The Hall–Kier alpha value is -0.980. The van der Waals surface area contributed by atoms with Gasteiger partial charge in [0.1, 0.15) is 5.75 Å². The number of amides is 1. The van der Waals surface area contributed by atoms with E-state index in [9.17, 15) is 9.00 Å². The summed E-state index contributed by atoms with van der Waals surface area (Å²) in [6.45, 7) is 0. The SMILES string of the molecule is NC(=O)CS(=O)C1c2ccsc2-c2ccsc21. The topological polar surface area (TPSA) is 60.2 Å². The molecule has 1 aliphatic carbocycles. The van der Waals surface area contributed by atoms with Crippen LogP contribution in [0.2, 0.25) is 0 Å². The predicted octanol–water partition coefficient (Wildman–Crippen LogP) is 2.11. The third kappa shape index (κ3) is 1.67. The van der Waals surface area contributed by atoms with Crippen LogP contribution in [-0.4, -0.2) is 15.9 Å². The van der Waals surface area contributed by atoms with Crippen molar-refractivity contribution in [2.45, 2.75) is 5.25 Å². The van der Waals surface area contributed by atoms with E-state index in [-0.39, 0.29) is 11.0 Å². The van der Waals surface area contributed by atoms with E-state index in [0.29, 0.717) is 0 Å². The molecular formula is C11H9NO2S3. The van der Waals surface area contributed by atoms with Crippen molar-refractivity contribution in [3.8, 4) is 10.4 Å². The van der Waals surface area contributed by atoms with Crippen LogP contribution in [-0.2, 0) is 15.6 Å². The number of nitrogens with two attached hydrogens (primary N) is 1. The average molecular weight is 283 g/mol. The fourth-order valence-electron chi connectivity index (χ4n) is 2.08. The Morgan fingerprint density at radius 3 is 2.88 bits per heavy atom. The van der Waals surface area contributed by atoms with E-state index in [1.54, 1.807) is 22.7 Å². The lowest BCUT2D eigenvalue weighted by atomic mass is 10.2. The molecule has 6 heteroatoms. The first kappa shape index (κ1) is 11.1. The lowest BCUT2D eigenvalue weighted by molar-refractivity contribution is -0.115. The van der Waals surface area contributed by atoms with Crippen LogP contribution < -0.4 is 5.73 Å². The number of fused-ring (bicyclic) bond motifs is 3. The molecule has 0 saturated carbocycles. The highest BCUT2D eigenvalue weighted by Gasteiger charge is 2.35. The van der Waals surface area contributed by atoms with E-state index < -0.39 is 16.7 Å². The van der Waals surface area contributed by atoms with E-state index in [1.807, 2.05) is 16.8 Å². The second-order valence-electron chi connectivity index (χ2n) is 3.78. The smallest absolute Gasteiger partial charge is 0.230 e. The zero-order valence-corrected chi connectivity index (χ0v) is 11.2. The number of hydrogen-bond acceptors (Lipinski definition) is 4. The van der Waals surface area contributed by atoms with E-state index in [2.05, 4.69) is 6.07 Å². The molecule has 0 aliphatic heterocycles. The molecule has 2 atom stereocenters. The third-order valence-corrected chi connectivity index (χ3v) is 6.38. The fraction of sp³-hybridized carbons (Fsp3) is 0.182. The van der Waals surface area contributed by atoms with Crippen LogP contribution in [0.4, 0.5) is 0 Å². The Labute approximate surface area is 109 Å². The van der Waals surface area contributed by atoms with Crippen molar-refractivity contribution in [1.29, 1.82) is 0 Å². The summed E-state index contributed by atoms with van der Waals surface area (Å²) in [4.78, 5) is 13.2. The highest BCUT2D eigenvalue weighted by atomic mass is 32.2. The molecule has 88 valence electrons. The zero-order valence-electron chi connectivity index (χ0n) is 8.71. The van der Waals surface area contributed by atoms with Crippen molar-refractivity contribution < 1.29 is 9.00 Å². The standard InChI is InChI=1S/C11H9NO2S3/c12-8(13)5-17(14)11-7-2-4-15-9(7)6-1-3-16-10(6)11/h1-4,11H,5H2,(H2,12,13). The van der Waals surface area contributed by atoms with Crippen molar-refractivity contribution in [3.63, 3.8) is 0 Å². The fourth-order valence-corrected chi connectivity index (χ4v) is 5.88. The number of carbonyl (C=O) groups is 1. The van der Waals surface area contributed by atoms with Crippen LogP contribution in [0.15, 0.2) is 22.9 Å². The first-order valence-electron chi connectivity index (χ1n) is 4.99. The minimum atomic E-state index is -1.26. The molecule has 0 spiro atoms. The van der Waals surface area contributed by atoms with Gasteiger partial charge in [-0.1, -0.05) is 0 Å². The quantitative estimate of drug-likeness (QED) is 0.938. The Balaban J connectivity index is 2.07. The van der Waals surface area contributed by atoms with Crippen LogP contribution >= 0.6 is 22.7 Å². The van der Waals surface area contributed by atoms with Crippen molar-refractivity contribution >= 4 is 39.4 Å². The van der Waals surface area contributed by atoms with Crippen LogP contribution in [0.25, 0.3) is 10.4 Å². The summed E-state index contributed by atoms with van der Waals surface area (Å²) in [6, 6.07) is 4.05. The van der Waals surface area contributed by atoms with Crippen molar-refractivity contribution in [2.75, 3.05) is 5.75 Å². The number of thiophene rings is 2. The van der Waals surface area contributed by atoms with E-state index in [1.165, 1.54) is 10.4 Å². The van der Waals surface area contributed by atoms with Gasteiger partial charge in [-0.2, -0.15) is 0 Å². The Morgan fingerprint density at radius 2 is 2.12 bits per heavy atom. The molecule has 2 N–H and O–H groups in total. The van der Waals surface area contributed by atoms with Gasteiger partial charge in [0.25, 0.3) is 0 Å². The molecule has 0 radical (unpaired) electrons. The summed E-state index contributed by atoms with van der Waals surface area (Å²) in [5, 5.41) is 3.83. The molecular weight excluding hydrogens is 274 g/mol. The Bertz CT molecular complexity index is 574. The maximum atomic E-state index is 12.2. The first-order chi connectivity index (χ1) is 8.18. The normalized spacial score (nSPS) is 18.7. The maximum absolute atomic E-state index is 12.2. The number of hydrogen-bond donors (Lipinski definition) is 1. The largest absolute Gasteiger partial charge is 0.369 e. The third-order valence-electron chi connectivity index (χ3n) is 2.70. The van der Waals surface area contributed by atoms with Gasteiger partial charge in [-0.05, 0) is 28.5 Å². The average Bonchev–Trinajstić information content (AvgIpc) is 2.84. The summed E-state index contributed by atoms with van der Waals surface area (Å²) >= 11 is 3.25. The molecule has 0 saturated heterocycles. The van der Waals surface area contributed by atoms with Gasteiger partial charge in [0.05, 0.1) is 5.25 Å². The minimum absolute atomic E-state index is 0.0721. The van der Waals surface area contributed by atoms with Crippen LogP contribution in [0.1, 0.15) is 15.7 Å². The molecule has 2 aromatic heterocycles. The Morgan fingerprint density at radius 1 is 1.35 bits per heavy atom. The van der Waals surface area contributed by atoms with Gasteiger partial charge < -0.3 is 5.73 Å². The van der Waals surface area contributed by atoms with E-state index in [0.717, 1.165) is 10.4 Å². The van der Waals surface area contributed by atoms with Gasteiger partial charge in [-0.25, -0.2) is 0 Å². The first-order valence-corrected chi connectivity index (χ1v) is 8.13. The van der Waals surface area contributed by atoms with Crippen molar-refractivity contribution in [1.82, 2.24) is 0 Å². The van der Waals surface area contributed by atoms with Crippen LogP contribution in [0.3, 0.4) is 0 Å². The molecule has 0 fully saturated rings. The summed E-state index contributed by atoms with van der Waals surface area (Å²) in [7, 11) is -1.26. The van der Waals surface area contributed by atoms with E-state index in [4.69, 9.17) is 5.73 Å². The monoisotopic (exact) mass is 283 g/mol. The second kappa shape index (κ2) is 4.04. The lowest BCUT2D eigenvalue weighted by Crippen LogP contribution is -2.22. The maximum Gasteiger partial charge on any atom is 0.230 e. The van der Waals surface area contributed by atoms with Crippen molar-refractivity contribution in [2.24, 2.45) is 5.73 Å². The van der Waals surface area contributed by atoms with E-state index >= 15 is 0 Å². The minimum Gasteiger partial charge on any atom is -0.369 e. The molecule has 3 nitrogen and oxygen atoms in total. The molecule has 17 heavy (non-hydrogen) atoms. The Kier molecular flexibility index (Phi) is 2.65. The molecule has 0 aromatic carbocycles. The number of rotatable bonds is 3. The van der Waals surface area contributed by atoms with Gasteiger partial charge >= 0.3 is 0 Å². The molecule has 2 aromatic rings. The summed E-state index contributed by atoms with van der Waals surface area (Å²) in [6.07, 6.45) is 0. The predicted molar refractivity (Wildman–Crippen MR) is 71.7 cm³/mol. The molecule has 1 aliphatic rings. The highest BCUT2D eigenvalue weighted by Crippen LogP contribution is 2.51. The van der Waals surface area contributed by atoms with Gasteiger partial charge in [-0.3, -0.25) is 9.00 Å². The molecule has 2 heterocycles. The molecule has 1 amide bonds. The number of carbonyl (C=O) groups excluding carboxylic acids is 1. The van der Waals surface area contributed by atoms with Crippen molar-refractivity contribution in [3.05, 3.63) is 33.3 Å². The van der Waals surface area contributed by atoms with Gasteiger partial charge in [0.15, 0.2) is 0 Å². The van der Waals surface area contributed by atoms with Gasteiger partial charge in [0.2, 0.25) is 5.91 Å². The summed E-state index contributed by atoms with van der Waals surface area (Å²) in [5.41, 5.74) is 7.37. The molecule has 2 unspecified atom stereocenters. The van der Waals surface area contributed by atoms with Gasteiger partial charge in [0, 0.05) is 26.1 Å². The second-order valence-corrected chi connectivity index (χ2v) is 7.16.